The summed E-state index contributed by atoms with van der Waals surface area (Å²) in [5.74, 6) is -0.535. The van der Waals surface area contributed by atoms with Crippen LogP contribution in [0.3, 0.4) is 0 Å². The molecule has 0 aliphatic rings. The van der Waals surface area contributed by atoms with Crippen LogP contribution < -0.4 is 5.32 Å². The molecule has 0 fully saturated rings. The van der Waals surface area contributed by atoms with Crippen LogP contribution in [0.2, 0.25) is 0 Å². The van der Waals surface area contributed by atoms with Crippen molar-refractivity contribution in [3.8, 4) is 0 Å². The van der Waals surface area contributed by atoms with Crippen LogP contribution in [0.5, 0.6) is 0 Å². The summed E-state index contributed by atoms with van der Waals surface area (Å²) in [5.41, 5.74) is 3.43. The minimum atomic E-state index is -0.309. The minimum Gasteiger partial charge on any atom is -0.352 e. The Bertz CT molecular complexity index is 715. The number of amides is 1. The van der Waals surface area contributed by atoms with Gasteiger partial charge in [0.25, 0.3) is 5.91 Å². The highest BCUT2D eigenvalue weighted by atomic mass is 16.2. The number of carbonyl (C=O) groups excluding carboxylic acids is 2. The Labute approximate surface area is 143 Å². The second kappa shape index (κ2) is 8.82. The van der Waals surface area contributed by atoms with Gasteiger partial charge < -0.3 is 5.32 Å². The monoisotopic (exact) mass is 321 g/mol. The molecule has 1 amide bonds. The molecule has 0 bridgehead atoms. The highest BCUT2D eigenvalue weighted by Crippen LogP contribution is 2.10. The molecule has 3 heteroatoms. The number of hydrogen-bond acceptors (Lipinski definition) is 2. The van der Waals surface area contributed by atoms with Gasteiger partial charge in [0, 0.05) is 6.54 Å². The lowest BCUT2D eigenvalue weighted by Gasteiger charge is -2.07. The predicted octanol–water partition coefficient (Wildman–Crippen LogP) is 3.72. The van der Waals surface area contributed by atoms with Gasteiger partial charge in [-0.15, -0.1) is 0 Å². The van der Waals surface area contributed by atoms with E-state index in [2.05, 4.69) is 17.4 Å². The van der Waals surface area contributed by atoms with Gasteiger partial charge >= 0.3 is 0 Å². The first-order valence-electron chi connectivity index (χ1n) is 8.17. The zero-order valence-corrected chi connectivity index (χ0v) is 14.2. The summed E-state index contributed by atoms with van der Waals surface area (Å²) in [4.78, 5) is 24.0. The number of aryl methyl sites for hydroxylation is 2. The second-order valence-electron chi connectivity index (χ2n) is 5.87. The molecule has 0 saturated carbocycles. The van der Waals surface area contributed by atoms with Gasteiger partial charge in [-0.05, 0) is 43.9 Å². The molecule has 3 nitrogen and oxygen atoms in total. The van der Waals surface area contributed by atoms with E-state index in [0.29, 0.717) is 6.54 Å². The lowest BCUT2D eigenvalue weighted by atomic mass is 10.1. The number of rotatable bonds is 7. The third-order valence-corrected chi connectivity index (χ3v) is 3.78. The number of ketones is 1. The average Bonchev–Trinajstić information content (AvgIpc) is 2.58. The molecule has 2 aromatic rings. The van der Waals surface area contributed by atoms with Crippen LogP contribution in [0, 0.1) is 6.92 Å². The Morgan fingerprint density at radius 1 is 1.00 bits per heavy atom. The molecule has 0 aliphatic carbocycles. The van der Waals surface area contributed by atoms with Crippen LogP contribution in [0.15, 0.2) is 60.2 Å². The number of hydrogen-bond donors (Lipinski definition) is 1. The van der Waals surface area contributed by atoms with Crippen molar-refractivity contribution in [2.75, 3.05) is 6.54 Å². The Kier molecular flexibility index (Phi) is 6.50. The SMILES string of the molecule is CC(=O)C(=Cc1ccc(C)cc1)C(=O)NCCCc1ccccc1. The van der Waals surface area contributed by atoms with Gasteiger partial charge in [0.2, 0.25) is 0 Å². The lowest BCUT2D eigenvalue weighted by Crippen LogP contribution is -2.28. The third-order valence-electron chi connectivity index (χ3n) is 3.78. The van der Waals surface area contributed by atoms with Gasteiger partial charge in [0.1, 0.15) is 0 Å². The van der Waals surface area contributed by atoms with Crippen molar-refractivity contribution in [2.24, 2.45) is 0 Å². The smallest absolute Gasteiger partial charge is 0.254 e. The summed E-state index contributed by atoms with van der Waals surface area (Å²) < 4.78 is 0. The van der Waals surface area contributed by atoms with E-state index in [1.807, 2.05) is 49.4 Å². The van der Waals surface area contributed by atoms with Gasteiger partial charge in [-0.1, -0.05) is 60.2 Å². The topological polar surface area (TPSA) is 46.2 Å². The fraction of sp³-hybridized carbons (Fsp3) is 0.238. The molecule has 0 aromatic heterocycles. The van der Waals surface area contributed by atoms with E-state index in [4.69, 9.17) is 0 Å². The summed E-state index contributed by atoms with van der Waals surface area (Å²) in [6, 6.07) is 17.9. The first-order valence-corrected chi connectivity index (χ1v) is 8.17. The number of benzene rings is 2. The molecule has 0 radical (unpaired) electrons. The zero-order chi connectivity index (χ0) is 17.4. The lowest BCUT2D eigenvalue weighted by molar-refractivity contribution is -0.121. The molecule has 0 atom stereocenters. The molecule has 2 rings (SSSR count). The van der Waals surface area contributed by atoms with Crippen molar-refractivity contribution in [3.05, 3.63) is 76.9 Å². The van der Waals surface area contributed by atoms with E-state index < -0.39 is 0 Å². The predicted molar refractivity (Wildman–Crippen MR) is 97.6 cm³/mol. The minimum absolute atomic E-state index is 0.193. The normalized spacial score (nSPS) is 11.2. The number of Topliss-reactive ketones (excluding diaryl/α,β-unsaturated/α-hetero) is 1. The molecule has 1 N–H and O–H groups in total. The van der Waals surface area contributed by atoms with E-state index in [9.17, 15) is 9.59 Å². The van der Waals surface area contributed by atoms with Gasteiger partial charge in [0.15, 0.2) is 5.78 Å². The summed E-state index contributed by atoms with van der Waals surface area (Å²) in [7, 11) is 0. The van der Waals surface area contributed by atoms with Crippen LogP contribution in [0.4, 0.5) is 0 Å². The highest BCUT2D eigenvalue weighted by molar-refractivity contribution is 6.21. The standard InChI is InChI=1S/C21H23NO2/c1-16-10-12-19(13-11-16)15-20(17(2)23)21(24)22-14-6-9-18-7-4-3-5-8-18/h3-5,7-8,10-13,15H,6,9,14H2,1-2H3,(H,22,24). The summed E-state index contributed by atoms with van der Waals surface area (Å²) >= 11 is 0. The molecule has 0 aliphatic heterocycles. The van der Waals surface area contributed by atoms with Gasteiger partial charge in [0.05, 0.1) is 5.57 Å². The van der Waals surface area contributed by atoms with Gasteiger partial charge in [-0.3, -0.25) is 9.59 Å². The first-order chi connectivity index (χ1) is 11.6. The van der Waals surface area contributed by atoms with Gasteiger partial charge in [-0.25, -0.2) is 0 Å². The van der Waals surface area contributed by atoms with E-state index in [-0.39, 0.29) is 17.3 Å². The van der Waals surface area contributed by atoms with Crippen molar-refractivity contribution in [2.45, 2.75) is 26.7 Å². The molecule has 0 spiro atoms. The number of carbonyl (C=O) groups is 2. The van der Waals surface area contributed by atoms with E-state index in [0.717, 1.165) is 24.0 Å². The van der Waals surface area contributed by atoms with Crippen LogP contribution in [0.1, 0.15) is 30.0 Å². The maximum Gasteiger partial charge on any atom is 0.254 e. The molecular formula is C21H23NO2. The average molecular weight is 321 g/mol. The van der Waals surface area contributed by atoms with Crippen LogP contribution >= 0.6 is 0 Å². The summed E-state index contributed by atoms with van der Waals surface area (Å²) in [6.45, 7) is 3.97. The highest BCUT2D eigenvalue weighted by Gasteiger charge is 2.13. The maximum atomic E-state index is 12.3. The van der Waals surface area contributed by atoms with Crippen LogP contribution in [-0.4, -0.2) is 18.2 Å². The van der Waals surface area contributed by atoms with Crippen molar-refractivity contribution in [1.29, 1.82) is 0 Å². The van der Waals surface area contributed by atoms with Crippen molar-refractivity contribution >= 4 is 17.8 Å². The van der Waals surface area contributed by atoms with E-state index in [1.54, 1.807) is 6.08 Å². The maximum absolute atomic E-state index is 12.3. The fourth-order valence-corrected chi connectivity index (χ4v) is 2.39. The first kappa shape index (κ1) is 17.7. The Morgan fingerprint density at radius 2 is 1.67 bits per heavy atom. The van der Waals surface area contributed by atoms with E-state index in [1.165, 1.54) is 12.5 Å². The summed E-state index contributed by atoms with van der Waals surface area (Å²) in [5, 5.41) is 2.84. The van der Waals surface area contributed by atoms with Crippen molar-refractivity contribution in [1.82, 2.24) is 5.32 Å². The second-order valence-corrected chi connectivity index (χ2v) is 5.87. The van der Waals surface area contributed by atoms with E-state index >= 15 is 0 Å². The molecular weight excluding hydrogens is 298 g/mol. The van der Waals surface area contributed by atoms with Gasteiger partial charge in [-0.2, -0.15) is 0 Å². The molecule has 24 heavy (non-hydrogen) atoms. The van der Waals surface area contributed by atoms with Crippen LogP contribution in [-0.2, 0) is 16.0 Å². The Morgan fingerprint density at radius 3 is 2.29 bits per heavy atom. The molecule has 0 heterocycles. The quantitative estimate of drug-likeness (QED) is 0.366. The molecule has 124 valence electrons. The fourth-order valence-electron chi connectivity index (χ4n) is 2.39. The van der Waals surface area contributed by atoms with Crippen molar-refractivity contribution < 1.29 is 9.59 Å². The Balaban J connectivity index is 1.92. The largest absolute Gasteiger partial charge is 0.352 e. The number of nitrogens with one attached hydrogen (secondary N) is 1. The summed E-state index contributed by atoms with van der Waals surface area (Å²) in [6.07, 6.45) is 3.39. The van der Waals surface area contributed by atoms with Crippen LogP contribution in [0.25, 0.3) is 6.08 Å². The third kappa shape index (κ3) is 5.51. The molecule has 0 saturated heterocycles. The van der Waals surface area contributed by atoms with Crippen molar-refractivity contribution in [3.63, 3.8) is 0 Å². The Hall–Kier alpha value is -2.68. The zero-order valence-electron chi connectivity index (χ0n) is 14.2. The molecule has 0 unspecified atom stereocenters. The molecule has 2 aromatic carbocycles.